The summed E-state index contributed by atoms with van der Waals surface area (Å²) < 4.78 is 14.6. The van der Waals surface area contributed by atoms with Crippen molar-refractivity contribution < 1.29 is 4.39 Å². The first kappa shape index (κ1) is 13.5. The molecule has 1 aromatic carbocycles. The summed E-state index contributed by atoms with van der Waals surface area (Å²) in [6.07, 6.45) is 1.80. The summed E-state index contributed by atoms with van der Waals surface area (Å²) in [5, 5.41) is 5.72. The standard InChI is InChI=1S/C15H12ClFN2S/c1-18-15(11-7-10(17)2-3-12(11)16)9-6-14-13(19-8-9)4-5-20-14/h2-8,15,18H,1H3. The van der Waals surface area contributed by atoms with E-state index >= 15 is 0 Å². The van der Waals surface area contributed by atoms with Crippen LogP contribution in [-0.4, -0.2) is 12.0 Å². The summed E-state index contributed by atoms with van der Waals surface area (Å²) in [4.78, 5) is 4.42. The maximum atomic E-state index is 13.5. The minimum atomic E-state index is -0.296. The minimum absolute atomic E-state index is 0.183. The number of thiophene rings is 1. The van der Waals surface area contributed by atoms with E-state index < -0.39 is 0 Å². The van der Waals surface area contributed by atoms with Crippen molar-refractivity contribution in [3.05, 3.63) is 63.9 Å². The lowest BCUT2D eigenvalue weighted by Gasteiger charge is -2.18. The Balaban J connectivity index is 2.10. The first-order valence-electron chi connectivity index (χ1n) is 6.14. The first-order valence-corrected chi connectivity index (χ1v) is 7.40. The molecule has 1 N–H and O–H groups in total. The molecule has 0 aliphatic carbocycles. The SMILES string of the molecule is CNC(c1cnc2ccsc2c1)c1cc(F)ccc1Cl. The molecule has 20 heavy (non-hydrogen) atoms. The smallest absolute Gasteiger partial charge is 0.123 e. The zero-order valence-corrected chi connectivity index (χ0v) is 12.3. The molecule has 0 bridgehead atoms. The molecule has 2 aromatic heterocycles. The largest absolute Gasteiger partial charge is 0.309 e. The summed E-state index contributed by atoms with van der Waals surface area (Å²) in [6.45, 7) is 0. The molecule has 1 atom stereocenters. The van der Waals surface area contributed by atoms with Gasteiger partial charge in [0.15, 0.2) is 0 Å². The van der Waals surface area contributed by atoms with Crippen LogP contribution < -0.4 is 5.32 Å². The molecule has 0 spiro atoms. The predicted octanol–water partition coefficient (Wildman–Crippen LogP) is 4.40. The van der Waals surface area contributed by atoms with Crippen molar-refractivity contribution in [2.45, 2.75) is 6.04 Å². The lowest BCUT2D eigenvalue weighted by atomic mass is 10.00. The second-order valence-electron chi connectivity index (χ2n) is 4.46. The molecule has 1 unspecified atom stereocenters. The van der Waals surface area contributed by atoms with Gasteiger partial charge in [0, 0.05) is 11.2 Å². The Morgan fingerprint density at radius 3 is 2.95 bits per heavy atom. The maximum absolute atomic E-state index is 13.5. The third-order valence-electron chi connectivity index (χ3n) is 3.21. The van der Waals surface area contributed by atoms with E-state index in [0.717, 1.165) is 15.8 Å². The normalized spacial score (nSPS) is 12.8. The van der Waals surface area contributed by atoms with Gasteiger partial charge >= 0.3 is 0 Å². The van der Waals surface area contributed by atoms with Gasteiger partial charge in [-0.25, -0.2) is 4.39 Å². The van der Waals surface area contributed by atoms with E-state index in [1.807, 2.05) is 18.5 Å². The highest BCUT2D eigenvalue weighted by Crippen LogP contribution is 2.30. The number of hydrogen-bond acceptors (Lipinski definition) is 3. The summed E-state index contributed by atoms with van der Waals surface area (Å²) in [5.74, 6) is -0.296. The molecule has 0 radical (unpaired) electrons. The second-order valence-corrected chi connectivity index (χ2v) is 5.82. The third kappa shape index (κ3) is 2.42. The van der Waals surface area contributed by atoms with Crippen molar-refractivity contribution in [1.82, 2.24) is 10.3 Å². The van der Waals surface area contributed by atoms with E-state index in [2.05, 4.69) is 16.4 Å². The Kier molecular flexibility index (Phi) is 3.70. The number of nitrogens with one attached hydrogen (secondary N) is 1. The van der Waals surface area contributed by atoms with Gasteiger partial charge in [-0.1, -0.05) is 11.6 Å². The van der Waals surface area contributed by atoms with Gasteiger partial charge in [-0.05, 0) is 53.9 Å². The molecule has 3 aromatic rings. The third-order valence-corrected chi connectivity index (χ3v) is 4.41. The van der Waals surface area contributed by atoms with E-state index in [4.69, 9.17) is 11.6 Å². The Bertz CT molecular complexity index is 756. The Morgan fingerprint density at radius 2 is 2.15 bits per heavy atom. The summed E-state index contributed by atoms with van der Waals surface area (Å²) in [5.41, 5.74) is 2.65. The number of hydrogen-bond donors (Lipinski definition) is 1. The fourth-order valence-electron chi connectivity index (χ4n) is 2.26. The van der Waals surface area contributed by atoms with E-state index in [1.165, 1.54) is 12.1 Å². The monoisotopic (exact) mass is 306 g/mol. The number of aromatic nitrogens is 1. The molecule has 102 valence electrons. The number of benzene rings is 1. The van der Waals surface area contributed by atoms with Crippen LogP contribution in [0.2, 0.25) is 5.02 Å². The lowest BCUT2D eigenvalue weighted by Crippen LogP contribution is -2.18. The fourth-order valence-corrected chi connectivity index (χ4v) is 3.27. The van der Waals surface area contributed by atoms with Crippen LogP contribution in [-0.2, 0) is 0 Å². The van der Waals surface area contributed by atoms with Crippen LogP contribution in [0.1, 0.15) is 17.2 Å². The van der Waals surface area contributed by atoms with Gasteiger partial charge in [0.1, 0.15) is 5.82 Å². The number of nitrogens with zero attached hydrogens (tertiary/aromatic N) is 1. The van der Waals surface area contributed by atoms with Crippen molar-refractivity contribution in [2.75, 3.05) is 7.05 Å². The van der Waals surface area contributed by atoms with E-state index in [-0.39, 0.29) is 11.9 Å². The van der Waals surface area contributed by atoms with E-state index in [1.54, 1.807) is 23.6 Å². The van der Waals surface area contributed by atoms with Gasteiger partial charge in [-0.2, -0.15) is 0 Å². The zero-order valence-electron chi connectivity index (χ0n) is 10.7. The molecular weight excluding hydrogens is 295 g/mol. The number of pyridine rings is 1. The van der Waals surface area contributed by atoms with Crippen molar-refractivity contribution in [2.24, 2.45) is 0 Å². The predicted molar refractivity (Wildman–Crippen MR) is 81.9 cm³/mol. The molecular formula is C15H12ClFN2S. The van der Waals surface area contributed by atoms with Crippen LogP contribution in [0.25, 0.3) is 10.2 Å². The molecule has 0 saturated heterocycles. The van der Waals surface area contributed by atoms with Crippen LogP contribution in [0.5, 0.6) is 0 Å². The lowest BCUT2D eigenvalue weighted by molar-refractivity contribution is 0.616. The van der Waals surface area contributed by atoms with Gasteiger partial charge < -0.3 is 5.32 Å². The van der Waals surface area contributed by atoms with Crippen LogP contribution in [0.15, 0.2) is 41.9 Å². The topological polar surface area (TPSA) is 24.9 Å². The van der Waals surface area contributed by atoms with Gasteiger partial charge in [-0.3, -0.25) is 4.98 Å². The van der Waals surface area contributed by atoms with Gasteiger partial charge in [0.25, 0.3) is 0 Å². The van der Waals surface area contributed by atoms with Crippen molar-refractivity contribution in [3.63, 3.8) is 0 Å². The van der Waals surface area contributed by atoms with Crippen LogP contribution >= 0.6 is 22.9 Å². The molecule has 0 fully saturated rings. The first-order chi connectivity index (χ1) is 9.69. The summed E-state index contributed by atoms with van der Waals surface area (Å²) >= 11 is 7.83. The van der Waals surface area contributed by atoms with Gasteiger partial charge in [-0.15, -0.1) is 11.3 Å². The molecule has 0 aliphatic heterocycles. The van der Waals surface area contributed by atoms with Crippen LogP contribution in [0, 0.1) is 5.82 Å². The molecule has 0 saturated carbocycles. The highest BCUT2D eigenvalue weighted by molar-refractivity contribution is 7.17. The zero-order chi connectivity index (χ0) is 14.1. The fraction of sp³-hybridized carbons (Fsp3) is 0.133. The Labute approximate surface area is 125 Å². The molecule has 2 heterocycles. The average molecular weight is 307 g/mol. The van der Waals surface area contributed by atoms with Crippen molar-refractivity contribution >= 4 is 33.2 Å². The second kappa shape index (κ2) is 5.48. The van der Waals surface area contributed by atoms with E-state index in [9.17, 15) is 4.39 Å². The minimum Gasteiger partial charge on any atom is -0.309 e. The van der Waals surface area contributed by atoms with Gasteiger partial charge in [0.05, 0.1) is 16.3 Å². The van der Waals surface area contributed by atoms with E-state index in [0.29, 0.717) is 10.6 Å². The highest BCUT2D eigenvalue weighted by Gasteiger charge is 2.17. The molecule has 0 amide bonds. The molecule has 2 nitrogen and oxygen atoms in total. The summed E-state index contributed by atoms with van der Waals surface area (Å²) in [6, 6.07) is 8.26. The number of fused-ring (bicyclic) bond motifs is 1. The van der Waals surface area contributed by atoms with Crippen molar-refractivity contribution in [1.29, 1.82) is 0 Å². The van der Waals surface area contributed by atoms with Gasteiger partial charge in [0.2, 0.25) is 0 Å². The van der Waals surface area contributed by atoms with Crippen molar-refractivity contribution in [3.8, 4) is 0 Å². The maximum Gasteiger partial charge on any atom is 0.123 e. The molecule has 3 rings (SSSR count). The number of rotatable bonds is 3. The quantitative estimate of drug-likeness (QED) is 0.776. The summed E-state index contributed by atoms with van der Waals surface area (Å²) in [7, 11) is 1.82. The molecule has 0 aliphatic rings. The molecule has 5 heteroatoms. The number of halogens is 2. The average Bonchev–Trinajstić information content (AvgIpc) is 2.91. The Hall–Kier alpha value is -1.49. The Morgan fingerprint density at radius 1 is 1.30 bits per heavy atom. The van der Waals surface area contributed by atoms with Crippen LogP contribution in [0.3, 0.4) is 0 Å². The van der Waals surface area contributed by atoms with Crippen LogP contribution in [0.4, 0.5) is 4.39 Å². The highest BCUT2D eigenvalue weighted by atomic mass is 35.5.